The summed E-state index contributed by atoms with van der Waals surface area (Å²) in [5.41, 5.74) is 18.3. The fraction of sp³-hybridized carbons (Fsp3) is 1.00. The first-order valence-electron chi connectivity index (χ1n) is 5.62. The van der Waals surface area contributed by atoms with E-state index in [-0.39, 0.29) is 18.9 Å². The first-order valence-corrected chi connectivity index (χ1v) is 5.62. The summed E-state index contributed by atoms with van der Waals surface area (Å²) in [6.45, 7) is 8.63. The molecule has 6 nitrogen and oxygen atoms in total. The highest BCUT2D eigenvalue weighted by molar-refractivity contribution is 4.82. The van der Waals surface area contributed by atoms with Crippen LogP contribution in [0.15, 0.2) is 0 Å². The summed E-state index contributed by atoms with van der Waals surface area (Å²) in [6, 6.07) is 0. The second-order valence-electron chi connectivity index (χ2n) is 3.73. The number of rotatable bonds is 3. The lowest BCUT2D eigenvalue weighted by Crippen LogP contribution is -2.77. The minimum atomic E-state index is -0.187. The van der Waals surface area contributed by atoms with Crippen LogP contribution in [-0.4, -0.2) is 53.2 Å². The Morgan fingerprint density at radius 3 is 1.00 bits per heavy atom. The number of nitrogens with two attached hydrogens (primary N) is 3. The van der Waals surface area contributed by atoms with Crippen molar-refractivity contribution in [3.8, 4) is 0 Å². The number of hydrogen-bond donors (Lipinski definition) is 3. The second-order valence-corrected chi connectivity index (χ2v) is 3.73. The molecule has 1 aliphatic rings. The van der Waals surface area contributed by atoms with Crippen LogP contribution in [0.5, 0.6) is 0 Å². The third-order valence-electron chi connectivity index (χ3n) is 3.13. The van der Waals surface area contributed by atoms with Crippen LogP contribution >= 0.6 is 0 Å². The molecule has 0 aromatic rings. The van der Waals surface area contributed by atoms with Crippen LogP contribution < -0.4 is 17.2 Å². The molecule has 90 valence electrons. The van der Waals surface area contributed by atoms with E-state index in [2.05, 4.69) is 20.8 Å². The smallest absolute Gasteiger partial charge is 0.119 e. The monoisotopic (exact) mass is 216 g/mol. The van der Waals surface area contributed by atoms with E-state index in [1.165, 1.54) is 0 Å². The predicted octanol–water partition coefficient (Wildman–Crippen LogP) is -1.31. The molecule has 0 bridgehead atoms. The summed E-state index contributed by atoms with van der Waals surface area (Å²) in [5.74, 6) is 0. The van der Waals surface area contributed by atoms with E-state index in [9.17, 15) is 0 Å². The zero-order valence-corrected chi connectivity index (χ0v) is 9.93. The maximum Gasteiger partial charge on any atom is 0.119 e. The van der Waals surface area contributed by atoms with E-state index >= 15 is 0 Å². The number of nitrogens with zero attached hydrogens (tertiary/aromatic N) is 3. The molecule has 0 aromatic carbocycles. The third kappa shape index (κ3) is 2.15. The van der Waals surface area contributed by atoms with Gasteiger partial charge in [0.05, 0.1) is 0 Å². The lowest BCUT2D eigenvalue weighted by atomic mass is 10.3. The molecule has 1 rings (SSSR count). The van der Waals surface area contributed by atoms with Crippen molar-refractivity contribution in [1.82, 2.24) is 14.7 Å². The molecule has 0 aromatic heterocycles. The van der Waals surface area contributed by atoms with Gasteiger partial charge in [0.25, 0.3) is 0 Å². The van der Waals surface area contributed by atoms with E-state index < -0.39 is 0 Å². The molecular formula is C9H24N6. The van der Waals surface area contributed by atoms with Crippen LogP contribution in [0.4, 0.5) is 0 Å². The second kappa shape index (κ2) is 5.20. The standard InChI is InChI=1S/C9H24N6/c1-4-13-7(10)14(5-2)9(12)15(6-3)8(13)11/h7-9H,4-6,10-12H2,1-3H3. The maximum atomic E-state index is 6.11. The molecule has 15 heavy (non-hydrogen) atoms. The zero-order valence-electron chi connectivity index (χ0n) is 9.93. The summed E-state index contributed by atoms with van der Waals surface area (Å²) >= 11 is 0. The molecule has 0 radical (unpaired) electrons. The van der Waals surface area contributed by atoms with E-state index in [0.29, 0.717) is 0 Å². The lowest BCUT2D eigenvalue weighted by Gasteiger charge is -2.53. The van der Waals surface area contributed by atoms with E-state index in [4.69, 9.17) is 17.2 Å². The molecule has 0 atom stereocenters. The fourth-order valence-electron chi connectivity index (χ4n) is 2.16. The van der Waals surface area contributed by atoms with Gasteiger partial charge in [-0.25, -0.2) is 14.7 Å². The van der Waals surface area contributed by atoms with Crippen LogP contribution in [0.1, 0.15) is 20.8 Å². The quantitative estimate of drug-likeness (QED) is 0.543. The average Bonchev–Trinajstić information content (AvgIpc) is 2.19. The summed E-state index contributed by atoms with van der Waals surface area (Å²) in [7, 11) is 0. The molecule has 0 spiro atoms. The average molecular weight is 216 g/mol. The topological polar surface area (TPSA) is 87.8 Å². The lowest BCUT2D eigenvalue weighted by molar-refractivity contribution is -0.163. The van der Waals surface area contributed by atoms with Gasteiger partial charge in [-0.15, -0.1) is 0 Å². The van der Waals surface area contributed by atoms with Crippen molar-refractivity contribution in [3.05, 3.63) is 0 Å². The molecule has 1 heterocycles. The normalized spacial score (nSPS) is 36.0. The third-order valence-corrected chi connectivity index (χ3v) is 3.13. The van der Waals surface area contributed by atoms with E-state index in [1.807, 2.05) is 14.7 Å². The van der Waals surface area contributed by atoms with E-state index in [1.54, 1.807) is 0 Å². The molecule has 1 saturated heterocycles. The van der Waals surface area contributed by atoms with Gasteiger partial charge in [-0.3, -0.25) is 0 Å². The van der Waals surface area contributed by atoms with Crippen molar-refractivity contribution in [3.63, 3.8) is 0 Å². The Morgan fingerprint density at radius 2 is 0.867 bits per heavy atom. The predicted molar refractivity (Wildman–Crippen MR) is 61.1 cm³/mol. The first kappa shape index (κ1) is 12.8. The Labute approximate surface area is 92.0 Å². The van der Waals surface area contributed by atoms with Crippen LogP contribution in [0.3, 0.4) is 0 Å². The van der Waals surface area contributed by atoms with Crippen molar-refractivity contribution in [1.29, 1.82) is 0 Å². The van der Waals surface area contributed by atoms with Crippen molar-refractivity contribution < 1.29 is 0 Å². The van der Waals surface area contributed by atoms with Crippen molar-refractivity contribution in [2.24, 2.45) is 17.2 Å². The molecule has 6 N–H and O–H groups in total. The molecule has 0 amide bonds. The minimum Gasteiger partial charge on any atom is -0.303 e. The summed E-state index contributed by atoms with van der Waals surface area (Å²) in [4.78, 5) is 6.11. The van der Waals surface area contributed by atoms with Gasteiger partial charge in [-0.2, -0.15) is 0 Å². The highest BCUT2D eigenvalue weighted by Gasteiger charge is 2.39. The van der Waals surface area contributed by atoms with Crippen molar-refractivity contribution in [2.75, 3.05) is 19.6 Å². The van der Waals surface area contributed by atoms with E-state index in [0.717, 1.165) is 19.6 Å². The Hall–Kier alpha value is -0.240. The Balaban J connectivity index is 2.87. The molecule has 1 aliphatic heterocycles. The SMILES string of the molecule is CCN1C(N)N(CC)C(N)N(CC)C1N. The molecule has 0 unspecified atom stereocenters. The molecular weight excluding hydrogens is 192 g/mol. The van der Waals surface area contributed by atoms with Gasteiger partial charge in [-0.1, -0.05) is 20.8 Å². The summed E-state index contributed by atoms with van der Waals surface area (Å²) in [6.07, 6.45) is -0.562. The molecule has 1 fully saturated rings. The Kier molecular flexibility index (Phi) is 4.45. The highest BCUT2D eigenvalue weighted by Crippen LogP contribution is 2.17. The summed E-state index contributed by atoms with van der Waals surface area (Å²) < 4.78 is 0. The largest absolute Gasteiger partial charge is 0.303 e. The van der Waals surface area contributed by atoms with Crippen LogP contribution in [0, 0.1) is 0 Å². The van der Waals surface area contributed by atoms with Gasteiger partial charge >= 0.3 is 0 Å². The Bertz CT molecular complexity index is 154. The van der Waals surface area contributed by atoms with Gasteiger partial charge in [0.1, 0.15) is 18.9 Å². The molecule has 6 heteroatoms. The molecule has 0 aliphatic carbocycles. The van der Waals surface area contributed by atoms with Gasteiger partial charge in [0.15, 0.2) is 0 Å². The van der Waals surface area contributed by atoms with Crippen LogP contribution in [-0.2, 0) is 0 Å². The summed E-state index contributed by atoms with van der Waals surface area (Å²) in [5, 5.41) is 0. The Morgan fingerprint density at radius 1 is 0.667 bits per heavy atom. The van der Waals surface area contributed by atoms with Crippen molar-refractivity contribution in [2.45, 2.75) is 39.6 Å². The van der Waals surface area contributed by atoms with Gasteiger partial charge in [0, 0.05) is 19.6 Å². The van der Waals surface area contributed by atoms with Gasteiger partial charge in [-0.05, 0) is 0 Å². The zero-order chi connectivity index (χ0) is 11.6. The number of hydrogen-bond acceptors (Lipinski definition) is 6. The highest BCUT2D eigenvalue weighted by atomic mass is 15.6. The van der Waals surface area contributed by atoms with Crippen LogP contribution in [0.25, 0.3) is 0 Å². The van der Waals surface area contributed by atoms with Gasteiger partial charge < -0.3 is 17.2 Å². The maximum absolute atomic E-state index is 6.11. The minimum absolute atomic E-state index is 0.187. The molecule has 0 saturated carbocycles. The van der Waals surface area contributed by atoms with Gasteiger partial charge in [0.2, 0.25) is 0 Å². The van der Waals surface area contributed by atoms with Crippen molar-refractivity contribution >= 4 is 0 Å². The fourth-order valence-corrected chi connectivity index (χ4v) is 2.16. The van der Waals surface area contributed by atoms with Crippen LogP contribution in [0.2, 0.25) is 0 Å². The first-order chi connectivity index (χ1) is 7.08.